The van der Waals surface area contributed by atoms with Crippen molar-refractivity contribution in [3.8, 4) is 0 Å². The number of piperazine rings is 1. The molecule has 1 atom stereocenters. The molecule has 1 aliphatic carbocycles. The van der Waals surface area contributed by atoms with Gasteiger partial charge in [0.15, 0.2) is 0 Å². The lowest BCUT2D eigenvalue weighted by Crippen LogP contribution is -2.63. The highest BCUT2D eigenvalue weighted by molar-refractivity contribution is 5.37. The molecule has 1 saturated heterocycles. The molecule has 1 aromatic carbocycles. The number of rotatable bonds is 2. The van der Waals surface area contributed by atoms with Gasteiger partial charge in [-0.15, -0.1) is 0 Å². The molecule has 2 aliphatic rings. The third-order valence-electron chi connectivity index (χ3n) is 4.98. The zero-order valence-corrected chi connectivity index (χ0v) is 12.1. The molecule has 19 heavy (non-hydrogen) atoms. The van der Waals surface area contributed by atoms with Gasteiger partial charge in [0.25, 0.3) is 0 Å². The van der Waals surface area contributed by atoms with E-state index >= 15 is 0 Å². The molecule has 3 heteroatoms. The minimum absolute atomic E-state index is 0.157. The summed E-state index contributed by atoms with van der Waals surface area (Å²) in [7, 11) is 2.21. The summed E-state index contributed by atoms with van der Waals surface area (Å²) in [6, 6.07) is 9.44. The van der Waals surface area contributed by atoms with Crippen LogP contribution in [0.5, 0.6) is 0 Å². The molecule has 0 radical (unpaired) electrons. The van der Waals surface area contributed by atoms with E-state index < -0.39 is 0 Å². The number of nitrogens with zero attached hydrogens (tertiary/aromatic N) is 2. The summed E-state index contributed by atoms with van der Waals surface area (Å²) in [4.78, 5) is 5.10. The van der Waals surface area contributed by atoms with E-state index in [4.69, 9.17) is 5.73 Å². The van der Waals surface area contributed by atoms with Gasteiger partial charge in [0, 0.05) is 37.8 Å². The van der Waals surface area contributed by atoms with Crippen LogP contribution in [0.4, 0.5) is 0 Å². The maximum absolute atomic E-state index is 6.22. The molecule has 1 fully saturated rings. The minimum Gasteiger partial charge on any atom is -0.329 e. The molecule has 0 spiro atoms. The van der Waals surface area contributed by atoms with Crippen LogP contribution in [0, 0.1) is 0 Å². The number of nitrogens with two attached hydrogens (primary N) is 1. The van der Waals surface area contributed by atoms with Gasteiger partial charge in [-0.25, -0.2) is 0 Å². The van der Waals surface area contributed by atoms with Crippen LogP contribution in [-0.2, 0) is 12.8 Å². The fourth-order valence-electron chi connectivity index (χ4n) is 3.98. The maximum Gasteiger partial charge on any atom is 0.0416 e. The Bertz CT molecular complexity index is 432. The van der Waals surface area contributed by atoms with Crippen LogP contribution in [0.25, 0.3) is 0 Å². The molecule has 2 N–H and O–H groups in total. The van der Waals surface area contributed by atoms with Crippen LogP contribution in [-0.4, -0.2) is 54.6 Å². The standard InChI is InChI=1S/C16H25N3/c1-13-11-18(2)7-8-19(13)16(12-17)9-14-5-3-4-6-15(14)10-16/h3-6,13H,7-12,17H2,1-2H3. The Morgan fingerprint density at radius 1 is 1.21 bits per heavy atom. The van der Waals surface area contributed by atoms with Gasteiger partial charge < -0.3 is 10.6 Å². The first-order valence-electron chi connectivity index (χ1n) is 7.37. The highest BCUT2D eigenvalue weighted by atomic mass is 15.3. The van der Waals surface area contributed by atoms with Crippen molar-refractivity contribution in [3.05, 3.63) is 35.4 Å². The van der Waals surface area contributed by atoms with E-state index in [1.54, 1.807) is 0 Å². The van der Waals surface area contributed by atoms with Gasteiger partial charge in [-0.1, -0.05) is 24.3 Å². The fourth-order valence-corrected chi connectivity index (χ4v) is 3.98. The van der Waals surface area contributed by atoms with Crippen molar-refractivity contribution in [1.82, 2.24) is 9.80 Å². The zero-order valence-electron chi connectivity index (χ0n) is 12.1. The summed E-state index contributed by atoms with van der Waals surface area (Å²) >= 11 is 0. The van der Waals surface area contributed by atoms with Crippen molar-refractivity contribution in [2.45, 2.75) is 31.3 Å². The predicted octanol–water partition coefficient (Wildman–Crippen LogP) is 1.12. The number of benzene rings is 1. The second kappa shape index (κ2) is 4.89. The number of fused-ring (bicyclic) bond motifs is 1. The molecule has 1 aromatic rings. The van der Waals surface area contributed by atoms with E-state index in [1.165, 1.54) is 11.1 Å². The molecular weight excluding hydrogens is 234 g/mol. The van der Waals surface area contributed by atoms with Crippen molar-refractivity contribution in [1.29, 1.82) is 0 Å². The summed E-state index contributed by atoms with van der Waals surface area (Å²) in [5, 5.41) is 0. The van der Waals surface area contributed by atoms with Crippen LogP contribution in [0.15, 0.2) is 24.3 Å². The fraction of sp³-hybridized carbons (Fsp3) is 0.625. The molecule has 0 saturated carbocycles. The van der Waals surface area contributed by atoms with Gasteiger partial charge in [0.1, 0.15) is 0 Å². The lowest BCUT2D eigenvalue weighted by Gasteiger charge is -2.49. The van der Waals surface area contributed by atoms with Crippen molar-refractivity contribution in [3.63, 3.8) is 0 Å². The third-order valence-corrected chi connectivity index (χ3v) is 4.98. The SMILES string of the molecule is CC1CN(C)CCN1C1(CN)Cc2ccccc2C1. The Labute approximate surface area is 116 Å². The topological polar surface area (TPSA) is 32.5 Å². The maximum atomic E-state index is 6.22. The molecular formula is C16H25N3. The highest BCUT2D eigenvalue weighted by Crippen LogP contribution is 2.36. The first-order chi connectivity index (χ1) is 9.14. The molecule has 104 valence electrons. The van der Waals surface area contributed by atoms with E-state index in [2.05, 4.69) is 48.0 Å². The zero-order chi connectivity index (χ0) is 13.5. The van der Waals surface area contributed by atoms with Gasteiger partial charge in [-0.2, -0.15) is 0 Å². The molecule has 3 rings (SSSR count). The van der Waals surface area contributed by atoms with Crippen LogP contribution in [0.3, 0.4) is 0 Å². The van der Waals surface area contributed by atoms with Crippen LogP contribution in [0.1, 0.15) is 18.1 Å². The Balaban J connectivity index is 1.86. The smallest absolute Gasteiger partial charge is 0.0416 e. The summed E-state index contributed by atoms with van der Waals surface area (Å²) in [5.74, 6) is 0. The van der Waals surface area contributed by atoms with E-state index in [0.29, 0.717) is 6.04 Å². The number of hydrogen-bond acceptors (Lipinski definition) is 3. The van der Waals surface area contributed by atoms with Crippen molar-refractivity contribution in [2.24, 2.45) is 5.73 Å². The first kappa shape index (κ1) is 13.1. The van der Waals surface area contributed by atoms with Gasteiger partial charge in [0.05, 0.1) is 0 Å². The Morgan fingerprint density at radius 3 is 2.37 bits per heavy atom. The van der Waals surface area contributed by atoms with Crippen molar-refractivity contribution < 1.29 is 0 Å². The average molecular weight is 259 g/mol. The second-order valence-corrected chi connectivity index (χ2v) is 6.36. The number of hydrogen-bond donors (Lipinski definition) is 1. The van der Waals surface area contributed by atoms with Crippen LogP contribution in [0.2, 0.25) is 0 Å². The summed E-state index contributed by atoms with van der Waals surface area (Å²) in [5.41, 5.74) is 9.38. The third kappa shape index (κ3) is 2.20. The molecule has 3 nitrogen and oxygen atoms in total. The minimum atomic E-state index is 0.157. The second-order valence-electron chi connectivity index (χ2n) is 6.36. The first-order valence-corrected chi connectivity index (χ1v) is 7.37. The number of likely N-dealkylation sites (N-methyl/N-ethyl adjacent to an activating group) is 1. The van der Waals surface area contributed by atoms with E-state index in [1.807, 2.05) is 0 Å². The molecule has 1 aliphatic heterocycles. The molecule has 1 heterocycles. The monoisotopic (exact) mass is 259 g/mol. The lowest BCUT2D eigenvalue weighted by molar-refractivity contribution is 0.00816. The molecule has 0 amide bonds. The van der Waals surface area contributed by atoms with Gasteiger partial charge >= 0.3 is 0 Å². The Morgan fingerprint density at radius 2 is 1.84 bits per heavy atom. The summed E-state index contributed by atoms with van der Waals surface area (Å²) in [6.07, 6.45) is 2.24. The van der Waals surface area contributed by atoms with Gasteiger partial charge in [-0.3, -0.25) is 4.90 Å². The van der Waals surface area contributed by atoms with Gasteiger partial charge in [-0.05, 0) is 37.9 Å². The van der Waals surface area contributed by atoms with E-state index in [0.717, 1.165) is 39.0 Å². The van der Waals surface area contributed by atoms with E-state index in [-0.39, 0.29) is 5.54 Å². The van der Waals surface area contributed by atoms with Crippen molar-refractivity contribution in [2.75, 3.05) is 33.2 Å². The van der Waals surface area contributed by atoms with Crippen molar-refractivity contribution >= 4 is 0 Å². The highest BCUT2D eigenvalue weighted by Gasteiger charge is 2.44. The normalized spacial score (nSPS) is 27.4. The van der Waals surface area contributed by atoms with E-state index in [9.17, 15) is 0 Å². The molecule has 0 aromatic heterocycles. The Hall–Kier alpha value is -0.900. The molecule has 0 bridgehead atoms. The van der Waals surface area contributed by atoms with Crippen LogP contribution >= 0.6 is 0 Å². The average Bonchev–Trinajstić information content (AvgIpc) is 2.78. The quantitative estimate of drug-likeness (QED) is 0.864. The largest absolute Gasteiger partial charge is 0.329 e. The molecule has 1 unspecified atom stereocenters. The van der Waals surface area contributed by atoms with Crippen LogP contribution < -0.4 is 5.73 Å². The Kier molecular flexibility index (Phi) is 3.37. The lowest BCUT2D eigenvalue weighted by atomic mass is 9.90. The summed E-state index contributed by atoms with van der Waals surface area (Å²) < 4.78 is 0. The van der Waals surface area contributed by atoms with Gasteiger partial charge in [0.2, 0.25) is 0 Å². The predicted molar refractivity (Wildman–Crippen MR) is 79.3 cm³/mol. The summed E-state index contributed by atoms with van der Waals surface area (Å²) in [6.45, 7) is 6.55.